The van der Waals surface area contributed by atoms with Gasteiger partial charge in [-0.05, 0) is 43.1 Å². The van der Waals surface area contributed by atoms with Crippen molar-refractivity contribution in [2.24, 2.45) is 0 Å². The molecule has 106 valence electrons. The van der Waals surface area contributed by atoms with E-state index in [0.29, 0.717) is 11.6 Å². The lowest BCUT2D eigenvalue weighted by Crippen LogP contribution is -2.27. The summed E-state index contributed by atoms with van der Waals surface area (Å²) in [6, 6.07) is 11.8. The highest BCUT2D eigenvalue weighted by Crippen LogP contribution is 2.24. The summed E-state index contributed by atoms with van der Waals surface area (Å²) in [4.78, 5) is 0. The van der Waals surface area contributed by atoms with Gasteiger partial charge >= 0.3 is 0 Å². The molecule has 0 bridgehead atoms. The number of halogens is 2. The van der Waals surface area contributed by atoms with E-state index < -0.39 is 11.6 Å². The Kier molecular flexibility index (Phi) is 4.85. The van der Waals surface area contributed by atoms with Crippen LogP contribution in [0.5, 0.6) is 0 Å². The zero-order valence-electron chi connectivity index (χ0n) is 11.8. The molecule has 1 nitrogen and oxygen atoms in total. The van der Waals surface area contributed by atoms with E-state index in [4.69, 9.17) is 0 Å². The second kappa shape index (κ2) is 6.62. The average molecular weight is 275 g/mol. The smallest absolute Gasteiger partial charge is 0.133 e. The van der Waals surface area contributed by atoms with Crippen LogP contribution in [0.3, 0.4) is 0 Å². The fourth-order valence-corrected chi connectivity index (χ4v) is 2.32. The van der Waals surface area contributed by atoms with Crippen LogP contribution in [-0.4, -0.2) is 12.6 Å². The highest BCUT2D eigenvalue weighted by Gasteiger charge is 2.07. The minimum atomic E-state index is -0.553. The van der Waals surface area contributed by atoms with Crippen LogP contribution in [0.25, 0.3) is 11.1 Å². The Bertz CT molecular complexity index is 564. The lowest BCUT2D eigenvalue weighted by Gasteiger charge is -2.12. The molecule has 1 N–H and O–H groups in total. The number of hydrogen-bond donors (Lipinski definition) is 1. The van der Waals surface area contributed by atoms with Gasteiger partial charge in [0.15, 0.2) is 0 Å². The van der Waals surface area contributed by atoms with Gasteiger partial charge < -0.3 is 5.32 Å². The Morgan fingerprint density at radius 3 is 2.35 bits per heavy atom. The molecule has 0 saturated heterocycles. The molecule has 0 aliphatic rings. The quantitative estimate of drug-likeness (QED) is 0.863. The first-order chi connectivity index (χ1) is 9.60. The summed E-state index contributed by atoms with van der Waals surface area (Å²) in [6.07, 6.45) is 0.931. The normalized spacial score (nSPS) is 12.4. The van der Waals surface area contributed by atoms with Crippen molar-refractivity contribution >= 4 is 0 Å². The molecular formula is C17H19F2N. The Labute approximate surface area is 118 Å². The lowest BCUT2D eigenvalue weighted by atomic mass is 10.0. The molecule has 1 unspecified atom stereocenters. The van der Waals surface area contributed by atoms with Crippen LogP contribution in [0.2, 0.25) is 0 Å². The van der Waals surface area contributed by atoms with Gasteiger partial charge in [0.25, 0.3) is 0 Å². The van der Waals surface area contributed by atoms with E-state index >= 15 is 0 Å². The first-order valence-electron chi connectivity index (χ1n) is 6.88. The molecule has 20 heavy (non-hydrogen) atoms. The lowest BCUT2D eigenvalue weighted by molar-refractivity contribution is 0.565. The topological polar surface area (TPSA) is 12.0 Å². The summed E-state index contributed by atoms with van der Waals surface area (Å²) in [5, 5.41) is 3.35. The van der Waals surface area contributed by atoms with Gasteiger partial charge in [0.1, 0.15) is 11.6 Å². The minimum Gasteiger partial charge on any atom is -0.314 e. The largest absolute Gasteiger partial charge is 0.314 e. The van der Waals surface area contributed by atoms with E-state index in [0.717, 1.165) is 24.6 Å². The Balaban J connectivity index is 2.15. The van der Waals surface area contributed by atoms with E-state index in [1.54, 1.807) is 0 Å². The van der Waals surface area contributed by atoms with E-state index in [2.05, 4.69) is 19.2 Å². The van der Waals surface area contributed by atoms with E-state index in [-0.39, 0.29) is 0 Å². The van der Waals surface area contributed by atoms with Crippen LogP contribution in [0.15, 0.2) is 42.5 Å². The van der Waals surface area contributed by atoms with Crippen molar-refractivity contribution in [2.75, 3.05) is 6.54 Å². The molecule has 0 aromatic heterocycles. The minimum absolute atomic E-state index is 0.411. The number of rotatable bonds is 5. The third-order valence-corrected chi connectivity index (χ3v) is 3.29. The standard InChI is InChI=1S/C17H19F2N/c1-3-20-12(2)10-13-4-6-14(7-5-13)16-9-8-15(18)11-17(16)19/h4-9,11-12,20H,3,10H2,1-2H3. The van der Waals surface area contributed by atoms with Gasteiger partial charge in [0.2, 0.25) is 0 Å². The van der Waals surface area contributed by atoms with Gasteiger partial charge in [0, 0.05) is 17.7 Å². The Hall–Kier alpha value is -1.74. The van der Waals surface area contributed by atoms with Crippen LogP contribution in [0.1, 0.15) is 19.4 Å². The Morgan fingerprint density at radius 1 is 1.05 bits per heavy atom. The molecule has 2 aromatic carbocycles. The van der Waals surface area contributed by atoms with Crippen LogP contribution in [0.4, 0.5) is 8.78 Å². The summed E-state index contributed by atoms with van der Waals surface area (Å²) < 4.78 is 26.6. The summed E-state index contributed by atoms with van der Waals surface area (Å²) in [7, 11) is 0. The van der Waals surface area contributed by atoms with Gasteiger partial charge in [0.05, 0.1) is 0 Å². The van der Waals surface area contributed by atoms with Crippen molar-refractivity contribution in [1.82, 2.24) is 5.32 Å². The zero-order valence-corrected chi connectivity index (χ0v) is 11.8. The average Bonchev–Trinajstić information content (AvgIpc) is 2.40. The summed E-state index contributed by atoms with van der Waals surface area (Å²) in [5.41, 5.74) is 2.39. The maximum Gasteiger partial charge on any atom is 0.133 e. The molecule has 0 heterocycles. The fourth-order valence-electron chi connectivity index (χ4n) is 2.32. The molecule has 0 aliphatic carbocycles. The van der Waals surface area contributed by atoms with E-state index in [1.165, 1.54) is 17.7 Å². The van der Waals surface area contributed by atoms with Crippen molar-refractivity contribution < 1.29 is 8.78 Å². The van der Waals surface area contributed by atoms with Gasteiger partial charge in [-0.25, -0.2) is 8.78 Å². The zero-order chi connectivity index (χ0) is 14.5. The molecule has 3 heteroatoms. The van der Waals surface area contributed by atoms with Crippen molar-refractivity contribution in [3.8, 4) is 11.1 Å². The predicted molar refractivity (Wildman–Crippen MR) is 78.6 cm³/mol. The Morgan fingerprint density at radius 2 is 1.75 bits per heavy atom. The molecule has 2 rings (SSSR count). The van der Waals surface area contributed by atoms with Gasteiger partial charge in [-0.1, -0.05) is 31.2 Å². The van der Waals surface area contributed by atoms with Gasteiger partial charge in [-0.15, -0.1) is 0 Å². The summed E-state index contributed by atoms with van der Waals surface area (Å²) in [5.74, 6) is -1.08. The fraction of sp³-hybridized carbons (Fsp3) is 0.294. The van der Waals surface area contributed by atoms with Crippen molar-refractivity contribution in [3.05, 3.63) is 59.7 Å². The van der Waals surface area contributed by atoms with Gasteiger partial charge in [-0.2, -0.15) is 0 Å². The van der Waals surface area contributed by atoms with Gasteiger partial charge in [-0.3, -0.25) is 0 Å². The first kappa shape index (κ1) is 14.7. The number of likely N-dealkylation sites (N-methyl/N-ethyl adjacent to an activating group) is 1. The van der Waals surface area contributed by atoms with E-state index in [1.807, 2.05) is 24.3 Å². The molecule has 0 spiro atoms. The molecule has 0 saturated carbocycles. The highest BCUT2D eigenvalue weighted by atomic mass is 19.1. The maximum absolute atomic E-state index is 13.7. The second-order valence-electron chi connectivity index (χ2n) is 4.98. The molecule has 0 fully saturated rings. The van der Waals surface area contributed by atoms with Crippen LogP contribution < -0.4 is 5.32 Å². The second-order valence-corrected chi connectivity index (χ2v) is 4.98. The van der Waals surface area contributed by atoms with E-state index in [9.17, 15) is 8.78 Å². The maximum atomic E-state index is 13.7. The predicted octanol–water partition coefficient (Wildman–Crippen LogP) is 4.17. The number of hydrogen-bond acceptors (Lipinski definition) is 1. The molecular weight excluding hydrogens is 256 g/mol. The molecule has 2 aromatic rings. The van der Waals surface area contributed by atoms with Crippen molar-refractivity contribution in [1.29, 1.82) is 0 Å². The molecule has 0 radical (unpaired) electrons. The van der Waals surface area contributed by atoms with Crippen LogP contribution in [0, 0.1) is 11.6 Å². The summed E-state index contributed by atoms with van der Waals surface area (Å²) in [6.45, 7) is 5.16. The molecule has 0 aliphatic heterocycles. The number of benzene rings is 2. The van der Waals surface area contributed by atoms with Crippen LogP contribution >= 0.6 is 0 Å². The molecule has 0 amide bonds. The highest BCUT2D eigenvalue weighted by molar-refractivity contribution is 5.64. The third kappa shape index (κ3) is 3.64. The summed E-state index contributed by atoms with van der Waals surface area (Å²) >= 11 is 0. The first-order valence-corrected chi connectivity index (χ1v) is 6.88. The monoisotopic (exact) mass is 275 g/mol. The van der Waals surface area contributed by atoms with Crippen LogP contribution in [-0.2, 0) is 6.42 Å². The SMILES string of the molecule is CCNC(C)Cc1ccc(-c2ccc(F)cc2F)cc1. The number of nitrogens with one attached hydrogen (secondary N) is 1. The molecule has 1 atom stereocenters. The van der Waals surface area contributed by atoms with Crippen molar-refractivity contribution in [2.45, 2.75) is 26.3 Å². The van der Waals surface area contributed by atoms with Crippen molar-refractivity contribution in [3.63, 3.8) is 0 Å². The third-order valence-electron chi connectivity index (χ3n) is 3.29.